The molecule has 0 saturated heterocycles. The molecule has 2 N–H and O–H groups in total. The highest BCUT2D eigenvalue weighted by Crippen LogP contribution is 2.67. The maximum Gasteiger partial charge on any atom is 0.320 e. The summed E-state index contributed by atoms with van der Waals surface area (Å²) >= 11 is 19.3. The van der Waals surface area contributed by atoms with E-state index in [0.29, 0.717) is 31.0 Å². The number of allylic oxidation sites excluding steroid dienone is 3. The zero-order chi connectivity index (χ0) is 44.7. The lowest BCUT2D eigenvalue weighted by atomic mass is 10.0. The number of rotatable bonds is 16. The fraction of sp³-hybridized carbons (Fsp3) is 0.618. The first-order valence-corrected chi connectivity index (χ1v) is 21.0. The number of alkyl halides is 4. The fourth-order valence-corrected chi connectivity index (χ4v) is 5.90. The Hall–Kier alpha value is -2.01. The Labute approximate surface area is 377 Å². The van der Waals surface area contributed by atoms with Crippen molar-refractivity contribution in [1.29, 1.82) is 0 Å². The molecule has 1 unspecified atom stereocenters. The number of ketones is 1. The van der Waals surface area contributed by atoms with Gasteiger partial charge in [-0.3, -0.25) is 43.2 Å². The molecule has 0 aromatic carbocycles. The molecule has 1 fully saturated rings. The summed E-state index contributed by atoms with van der Waals surface area (Å²) < 4.78 is 26.8. The first-order valence-electron chi connectivity index (χ1n) is 15.9. The zero-order valence-corrected chi connectivity index (χ0v) is 41.6. The van der Waals surface area contributed by atoms with E-state index in [1.165, 1.54) is 40.9 Å². The van der Waals surface area contributed by atoms with E-state index < -0.39 is 29.8 Å². The van der Waals surface area contributed by atoms with Crippen molar-refractivity contribution in [2.75, 3.05) is 48.0 Å². The lowest BCUT2D eigenvalue weighted by molar-refractivity contribution is -0.160. The number of esters is 6. The molecule has 1 saturated carbocycles. The van der Waals surface area contributed by atoms with Gasteiger partial charge in [-0.1, -0.05) is 97.9 Å². The zero-order valence-electron chi connectivity index (χ0n) is 32.1. The van der Waals surface area contributed by atoms with Crippen LogP contribution in [0.5, 0.6) is 0 Å². The van der Waals surface area contributed by atoms with Crippen LogP contribution in [0.15, 0.2) is 22.7 Å². The summed E-state index contributed by atoms with van der Waals surface area (Å²) in [7, 11) is 7.51. The second kappa shape index (κ2) is 35.0. The summed E-state index contributed by atoms with van der Waals surface area (Å²) in [5.74, 6) is -4.61. The van der Waals surface area contributed by atoms with Crippen LogP contribution in [-0.4, -0.2) is 108 Å². The number of methoxy groups -OCH3 is 6. The van der Waals surface area contributed by atoms with E-state index in [1.807, 2.05) is 0 Å². The Morgan fingerprint density at radius 3 is 1.39 bits per heavy atom. The third kappa shape index (κ3) is 37.6. The van der Waals surface area contributed by atoms with Crippen LogP contribution in [0.25, 0.3) is 0 Å². The van der Waals surface area contributed by atoms with Crippen LogP contribution < -0.4 is 5.73 Å². The van der Waals surface area contributed by atoms with Crippen LogP contribution in [0.4, 0.5) is 0 Å². The summed E-state index contributed by atoms with van der Waals surface area (Å²) in [6, 6.07) is 0. The molecule has 0 heterocycles. The van der Waals surface area contributed by atoms with Crippen molar-refractivity contribution in [2.45, 2.75) is 78.7 Å². The molecule has 2 aliphatic rings. The topological polar surface area (TPSA) is 235 Å². The van der Waals surface area contributed by atoms with Crippen LogP contribution >= 0.6 is 95.6 Å². The molecule has 0 radical (unpaired) electrons. The molecule has 2 aliphatic carbocycles. The van der Waals surface area contributed by atoms with E-state index in [9.17, 15) is 43.2 Å². The van der Waals surface area contributed by atoms with Crippen molar-refractivity contribution in [3.8, 4) is 0 Å². The molecule has 1 atom stereocenters. The van der Waals surface area contributed by atoms with Crippen molar-refractivity contribution in [3.63, 3.8) is 0 Å². The average molecular weight is 1190 g/mol. The molecule has 0 aliphatic heterocycles. The Balaban J connectivity index is -0.000000296. The minimum absolute atomic E-state index is 0.0162. The van der Waals surface area contributed by atoms with Crippen LogP contribution in [0.1, 0.15) is 71.1 Å². The van der Waals surface area contributed by atoms with Gasteiger partial charge in [0.05, 0.1) is 62.0 Å². The van der Waals surface area contributed by atoms with Crippen molar-refractivity contribution in [1.82, 2.24) is 0 Å². The van der Waals surface area contributed by atoms with Gasteiger partial charge in [0, 0.05) is 19.3 Å². The molecule has 0 aromatic rings. The molecular formula is C34H49Br6NO15. The van der Waals surface area contributed by atoms with Crippen molar-refractivity contribution >= 4 is 148 Å². The number of hydrogen-bond acceptors (Lipinski definition) is 15. The number of nitrogens with two attached hydrogens (primary N) is 1. The first-order chi connectivity index (χ1) is 25.9. The molecule has 0 aromatic heterocycles. The number of primary amides is 1. The average Bonchev–Trinajstić information content (AvgIpc) is 4.07. The van der Waals surface area contributed by atoms with E-state index in [2.05, 4.69) is 137 Å². The van der Waals surface area contributed by atoms with Crippen molar-refractivity contribution < 1.29 is 71.6 Å². The summed E-state index contributed by atoms with van der Waals surface area (Å²) in [5.41, 5.74) is 6.28. The Bertz CT molecular complexity index is 1320. The van der Waals surface area contributed by atoms with Gasteiger partial charge in [-0.2, -0.15) is 0 Å². The third-order valence-electron chi connectivity index (χ3n) is 6.31. The molecule has 322 valence electrons. The molecule has 56 heavy (non-hydrogen) atoms. The van der Waals surface area contributed by atoms with E-state index in [-0.39, 0.29) is 48.7 Å². The van der Waals surface area contributed by atoms with Gasteiger partial charge in [-0.15, -0.1) is 0 Å². The quantitative estimate of drug-likeness (QED) is 0.0443. The van der Waals surface area contributed by atoms with Gasteiger partial charge >= 0.3 is 35.8 Å². The SMILES string of the molecule is C=C(Br)CCC(=O)OC.COC(=O)C(CC(C)=O)C(=O)OC.COC(=O)CC(=O)OC.COC(=O)CCC1(Br)CC1(Br)Br.NC(=O)CCC1=CC1.O=C(Br)CBr. The normalized spacial score (nSPS) is 14.5. The molecule has 16 nitrogen and oxygen atoms in total. The molecule has 22 heteroatoms. The van der Waals surface area contributed by atoms with Gasteiger partial charge in [0.15, 0.2) is 5.92 Å². The standard InChI is InChI=1S/C8H12O5.C7H9Br3O2.C6H9BrO2.C6H9NO.C5H8O4.C2H2Br2O/c1-5(9)4-6(7(10)12-2)8(11)13-3;1-12-5(11)2-3-6(8)4-7(6,9)10;1-5(7)3-4-6(8)9-2;7-6(8)4-3-5-1-2-5;1-8-4(6)3-5(7)9-2;3-1-2(4)5/h6H,4H2,1-3H3;2-4H2,1H3;1,3-4H2,2H3;1H,2-4H2,(H2,7,8);3H2,1-2H3;1H2. The lowest BCUT2D eigenvalue weighted by Crippen LogP contribution is -2.28. The van der Waals surface area contributed by atoms with Crippen LogP contribution in [0.3, 0.4) is 0 Å². The molecular weight excluding hydrogens is 1140 g/mol. The van der Waals surface area contributed by atoms with Gasteiger partial charge in [0.25, 0.3) is 0 Å². The van der Waals surface area contributed by atoms with E-state index in [4.69, 9.17) is 5.73 Å². The number of ether oxygens (including phenoxy) is 6. The van der Waals surface area contributed by atoms with E-state index >= 15 is 0 Å². The third-order valence-corrected chi connectivity index (χ3v) is 12.7. The summed E-state index contributed by atoms with van der Waals surface area (Å²) in [5, 5.41) is 0.396. The minimum atomic E-state index is -1.13. The number of amides is 1. The maximum atomic E-state index is 11.0. The van der Waals surface area contributed by atoms with Gasteiger partial charge < -0.3 is 34.2 Å². The molecule has 0 spiro atoms. The predicted molar refractivity (Wildman–Crippen MR) is 228 cm³/mol. The van der Waals surface area contributed by atoms with Crippen molar-refractivity contribution in [2.24, 2.45) is 11.7 Å². The number of hydrogen-bond donors (Lipinski definition) is 1. The van der Waals surface area contributed by atoms with Crippen LogP contribution in [0.2, 0.25) is 0 Å². The lowest BCUT2D eigenvalue weighted by Gasteiger charge is -2.09. The largest absolute Gasteiger partial charge is 0.469 e. The molecule has 1 amide bonds. The monoisotopic (exact) mass is 1180 g/mol. The van der Waals surface area contributed by atoms with Gasteiger partial charge in [-0.25, -0.2) is 0 Å². The smallest absolute Gasteiger partial charge is 0.320 e. The second-order valence-corrected chi connectivity index (χ2v) is 18.7. The van der Waals surface area contributed by atoms with Crippen LogP contribution in [-0.2, 0) is 71.6 Å². The highest BCUT2D eigenvalue weighted by Gasteiger charge is 2.63. The van der Waals surface area contributed by atoms with Gasteiger partial charge in [-0.05, 0) is 59.4 Å². The molecule has 2 rings (SSSR count). The Morgan fingerprint density at radius 1 is 0.732 bits per heavy atom. The summed E-state index contributed by atoms with van der Waals surface area (Å²) in [6.07, 6.45) is 7.41. The Morgan fingerprint density at radius 2 is 1.12 bits per heavy atom. The number of carbonyl (C=O) groups is 9. The first kappa shape index (κ1) is 60.7. The van der Waals surface area contributed by atoms with Crippen molar-refractivity contribution in [3.05, 3.63) is 22.7 Å². The highest BCUT2D eigenvalue weighted by molar-refractivity contribution is 9.26. The van der Waals surface area contributed by atoms with Gasteiger partial charge in [0.1, 0.15) is 12.2 Å². The fourth-order valence-electron chi connectivity index (χ4n) is 2.98. The minimum Gasteiger partial charge on any atom is -0.469 e. The summed E-state index contributed by atoms with van der Waals surface area (Å²) in [6.45, 7) is 4.86. The van der Waals surface area contributed by atoms with Crippen LogP contribution in [0, 0.1) is 5.92 Å². The predicted octanol–water partition coefficient (Wildman–Crippen LogP) is 6.35. The second-order valence-electron chi connectivity index (χ2n) is 10.9. The Kier molecular flexibility index (Phi) is 37.9. The van der Waals surface area contributed by atoms with E-state index in [1.54, 1.807) is 0 Å². The summed E-state index contributed by atoms with van der Waals surface area (Å²) in [4.78, 5) is 94.2. The highest BCUT2D eigenvalue weighted by atomic mass is 79.9. The van der Waals surface area contributed by atoms with Gasteiger partial charge in [0.2, 0.25) is 10.6 Å². The number of Topliss-reactive ketones (excluding diaryl/α,β-unsaturated/α-hetero) is 1. The maximum absolute atomic E-state index is 11.0. The molecule has 0 bridgehead atoms. The number of halogens is 6. The van der Waals surface area contributed by atoms with E-state index in [0.717, 1.165) is 44.4 Å². The number of carbonyl (C=O) groups excluding carboxylic acids is 9.